The lowest BCUT2D eigenvalue weighted by atomic mass is 9.86. The SMILES string of the molecule is CN1CCC(c2ccc(C3CCCNC3)cc2)CC1. The molecule has 1 aromatic rings. The van der Waals surface area contributed by atoms with E-state index in [0.717, 1.165) is 18.4 Å². The fourth-order valence-electron chi connectivity index (χ4n) is 3.52. The van der Waals surface area contributed by atoms with Crippen molar-refractivity contribution in [1.29, 1.82) is 0 Å². The molecule has 3 rings (SSSR count). The summed E-state index contributed by atoms with van der Waals surface area (Å²) in [7, 11) is 2.23. The monoisotopic (exact) mass is 258 g/mol. The van der Waals surface area contributed by atoms with Gasteiger partial charge < -0.3 is 10.2 Å². The molecule has 0 spiro atoms. The minimum absolute atomic E-state index is 0.736. The number of nitrogens with one attached hydrogen (secondary N) is 1. The minimum Gasteiger partial charge on any atom is -0.316 e. The summed E-state index contributed by atoms with van der Waals surface area (Å²) < 4.78 is 0. The topological polar surface area (TPSA) is 15.3 Å². The number of benzene rings is 1. The molecule has 19 heavy (non-hydrogen) atoms. The molecule has 1 atom stereocenters. The van der Waals surface area contributed by atoms with Crippen molar-refractivity contribution in [2.45, 2.75) is 37.5 Å². The molecule has 104 valence electrons. The van der Waals surface area contributed by atoms with Crippen molar-refractivity contribution in [3.8, 4) is 0 Å². The number of hydrogen-bond acceptors (Lipinski definition) is 2. The predicted octanol–water partition coefficient (Wildman–Crippen LogP) is 2.96. The highest BCUT2D eigenvalue weighted by Crippen LogP contribution is 2.29. The van der Waals surface area contributed by atoms with Gasteiger partial charge in [0.15, 0.2) is 0 Å². The zero-order valence-corrected chi connectivity index (χ0v) is 12.1. The van der Waals surface area contributed by atoms with E-state index in [-0.39, 0.29) is 0 Å². The van der Waals surface area contributed by atoms with Gasteiger partial charge in [0.05, 0.1) is 0 Å². The summed E-state index contributed by atoms with van der Waals surface area (Å²) in [6.07, 6.45) is 5.31. The molecule has 1 N–H and O–H groups in total. The van der Waals surface area contributed by atoms with Gasteiger partial charge in [-0.25, -0.2) is 0 Å². The van der Waals surface area contributed by atoms with Crippen LogP contribution in [0.4, 0.5) is 0 Å². The fraction of sp³-hybridized carbons (Fsp3) is 0.647. The standard InChI is InChI=1S/C17H26N2/c1-19-11-8-16(9-12-19)14-4-6-15(7-5-14)17-3-2-10-18-13-17/h4-7,16-18H,2-3,8-13H2,1H3. The molecule has 0 bridgehead atoms. The van der Waals surface area contributed by atoms with E-state index in [1.165, 1.54) is 50.9 Å². The van der Waals surface area contributed by atoms with Crippen LogP contribution in [0.1, 0.15) is 48.6 Å². The van der Waals surface area contributed by atoms with E-state index >= 15 is 0 Å². The Morgan fingerprint density at radius 2 is 1.58 bits per heavy atom. The first-order valence-electron chi connectivity index (χ1n) is 7.82. The lowest BCUT2D eigenvalue weighted by Crippen LogP contribution is -2.29. The second kappa shape index (κ2) is 6.06. The van der Waals surface area contributed by atoms with E-state index in [9.17, 15) is 0 Å². The van der Waals surface area contributed by atoms with E-state index in [2.05, 4.69) is 41.5 Å². The van der Waals surface area contributed by atoms with Crippen molar-refractivity contribution in [2.24, 2.45) is 0 Å². The summed E-state index contributed by atoms with van der Waals surface area (Å²) in [6.45, 7) is 4.86. The third-order valence-electron chi connectivity index (χ3n) is 4.89. The van der Waals surface area contributed by atoms with Crippen molar-refractivity contribution in [1.82, 2.24) is 10.2 Å². The van der Waals surface area contributed by atoms with Crippen LogP contribution in [0.3, 0.4) is 0 Å². The van der Waals surface area contributed by atoms with Crippen molar-refractivity contribution in [2.75, 3.05) is 33.2 Å². The largest absolute Gasteiger partial charge is 0.316 e. The summed E-state index contributed by atoms with van der Waals surface area (Å²) in [5.41, 5.74) is 3.09. The molecule has 0 amide bonds. The average molecular weight is 258 g/mol. The van der Waals surface area contributed by atoms with E-state index in [1.54, 1.807) is 5.56 Å². The number of nitrogens with zero attached hydrogens (tertiary/aromatic N) is 1. The molecule has 0 radical (unpaired) electrons. The Bertz CT molecular complexity index is 384. The summed E-state index contributed by atoms with van der Waals surface area (Å²) in [4.78, 5) is 2.44. The van der Waals surface area contributed by atoms with Crippen LogP contribution in [0.25, 0.3) is 0 Å². The number of likely N-dealkylation sites (tertiary alicyclic amines) is 1. The van der Waals surface area contributed by atoms with E-state index < -0.39 is 0 Å². The summed E-state index contributed by atoms with van der Waals surface area (Å²) in [5, 5.41) is 3.51. The van der Waals surface area contributed by atoms with Crippen LogP contribution in [0.5, 0.6) is 0 Å². The van der Waals surface area contributed by atoms with Crippen LogP contribution in [0.15, 0.2) is 24.3 Å². The van der Waals surface area contributed by atoms with Gasteiger partial charge in [-0.2, -0.15) is 0 Å². The van der Waals surface area contributed by atoms with E-state index in [1.807, 2.05) is 0 Å². The molecule has 0 aromatic heterocycles. The first kappa shape index (κ1) is 13.1. The molecule has 1 unspecified atom stereocenters. The van der Waals surface area contributed by atoms with Crippen molar-refractivity contribution < 1.29 is 0 Å². The molecular formula is C17H26N2. The molecule has 1 aromatic carbocycles. The summed E-state index contributed by atoms with van der Waals surface area (Å²) >= 11 is 0. The quantitative estimate of drug-likeness (QED) is 0.877. The lowest BCUT2D eigenvalue weighted by molar-refractivity contribution is 0.255. The molecule has 2 nitrogen and oxygen atoms in total. The van der Waals surface area contributed by atoms with Gasteiger partial charge in [0.2, 0.25) is 0 Å². The Balaban J connectivity index is 1.65. The smallest absolute Gasteiger partial charge is 0.00201 e. The predicted molar refractivity (Wildman–Crippen MR) is 80.8 cm³/mol. The fourth-order valence-corrected chi connectivity index (χ4v) is 3.52. The van der Waals surface area contributed by atoms with Crippen molar-refractivity contribution >= 4 is 0 Å². The molecule has 2 aliphatic rings. The zero-order chi connectivity index (χ0) is 13.1. The molecule has 2 saturated heterocycles. The Kier molecular flexibility index (Phi) is 4.19. The van der Waals surface area contributed by atoms with Gasteiger partial charge in [-0.1, -0.05) is 24.3 Å². The molecular weight excluding hydrogens is 232 g/mol. The van der Waals surface area contributed by atoms with Crippen LogP contribution in [0, 0.1) is 0 Å². The van der Waals surface area contributed by atoms with Crippen LogP contribution in [-0.4, -0.2) is 38.1 Å². The highest BCUT2D eigenvalue weighted by atomic mass is 15.1. The van der Waals surface area contributed by atoms with Crippen molar-refractivity contribution in [3.63, 3.8) is 0 Å². The molecule has 2 heterocycles. The number of piperidine rings is 2. The first-order chi connectivity index (χ1) is 9.33. The molecule has 2 aliphatic heterocycles. The summed E-state index contributed by atoms with van der Waals surface area (Å²) in [5.74, 6) is 1.52. The van der Waals surface area contributed by atoms with Crippen LogP contribution in [0.2, 0.25) is 0 Å². The maximum atomic E-state index is 3.51. The maximum absolute atomic E-state index is 3.51. The molecule has 2 fully saturated rings. The van der Waals surface area contributed by atoms with Gasteiger partial charge >= 0.3 is 0 Å². The van der Waals surface area contributed by atoms with Gasteiger partial charge in [-0.05, 0) is 75.3 Å². The third-order valence-corrected chi connectivity index (χ3v) is 4.89. The molecule has 2 heteroatoms. The lowest BCUT2D eigenvalue weighted by Gasteiger charge is -2.29. The summed E-state index contributed by atoms with van der Waals surface area (Å²) in [6, 6.07) is 9.54. The van der Waals surface area contributed by atoms with Crippen LogP contribution in [-0.2, 0) is 0 Å². The van der Waals surface area contributed by atoms with Crippen LogP contribution < -0.4 is 5.32 Å². The van der Waals surface area contributed by atoms with Crippen molar-refractivity contribution in [3.05, 3.63) is 35.4 Å². The number of hydrogen-bond donors (Lipinski definition) is 1. The maximum Gasteiger partial charge on any atom is 0.00201 e. The van der Waals surface area contributed by atoms with Gasteiger partial charge in [0.25, 0.3) is 0 Å². The van der Waals surface area contributed by atoms with Gasteiger partial charge in [0, 0.05) is 6.54 Å². The minimum atomic E-state index is 0.736. The van der Waals surface area contributed by atoms with E-state index in [0.29, 0.717) is 0 Å². The van der Waals surface area contributed by atoms with Gasteiger partial charge in [0.1, 0.15) is 0 Å². The highest BCUT2D eigenvalue weighted by molar-refractivity contribution is 5.28. The number of rotatable bonds is 2. The Hall–Kier alpha value is -0.860. The first-order valence-corrected chi connectivity index (χ1v) is 7.82. The Morgan fingerprint density at radius 1 is 0.947 bits per heavy atom. The Morgan fingerprint density at radius 3 is 2.16 bits per heavy atom. The molecule has 0 aliphatic carbocycles. The second-order valence-corrected chi connectivity index (χ2v) is 6.29. The zero-order valence-electron chi connectivity index (χ0n) is 12.1. The van der Waals surface area contributed by atoms with Crippen LogP contribution >= 0.6 is 0 Å². The van der Waals surface area contributed by atoms with E-state index in [4.69, 9.17) is 0 Å². The second-order valence-electron chi connectivity index (χ2n) is 6.29. The third kappa shape index (κ3) is 3.18. The van der Waals surface area contributed by atoms with Gasteiger partial charge in [-0.15, -0.1) is 0 Å². The highest BCUT2D eigenvalue weighted by Gasteiger charge is 2.19. The van der Waals surface area contributed by atoms with Gasteiger partial charge in [-0.3, -0.25) is 0 Å². The molecule has 0 saturated carbocycles. The average Bonchev–Trinajstić information content (AvgIpc) is 2.49. The Labute approximate surface area is 117 Å². The normalized spacial score (nSPS) is 26.5.